The van der Waals surface area contributed by atoms with Gasteiger partial charge < -0.3 is 18.6 Å². The number of aromatic nitrogens is 2. The number of nitrogens with zero attached hydrogens (tertiary/aromatic N) is 3. The maximum atomic E-state index is 12.9. The van der Waals surface area contributed by atoms with Gasteiger partial charge in [0, 0.05) is 36.9 Å². The third-order valence-corrected chi connectivity index (χ3v) is 4.71. The minimum Gasteiger partial charge on any atom is -0.491 e. The van der Waals surface area contributed by atoms with Gasteiger partial charge >= 0.3 is 5.63 Å². The molecule has 1 atom stereocenters. The van der Waals surface area contributed by atoms with Gasteiger partial charge in [-0.15, -0.1) is 0 Å². The first-order valence-corrected chi connectivity index (χ1v) is 9.02. The predicted molar refractivity (Wildman–Crippen MR) is 100 cm³/mol. The molecule has 1 saturated heterocycles. The topological polar surface area (TPSA) is 77.6 Å². The van der Waals surface area contributed by atoms with Gasteiger partial charge in [0.1, 0.15) is 16.9 Å². The lowest BCUT2D eigenvalue weighted by molar-refractivity contribution is 0.0783. The highest BCUT2D eigenvalue weighted by Crippen LogP contribution is 2.25. The van der Waals surface area contributed by atoms with Gasteiger partial charge in [0.05, 0.1) is 18.5 Å². The highest BCUT2D eigenvalue weighted by Gasteiger charge is 2.29. The van der Waals surface area contributed by atoms with Gasteiger partial charge in [-0.1, -0.05) is 0 Å². The smallest absolute Gasteiger partial charge is 0.349 e. The van der Waals surface area contributed by atoms with Crippen molar-refractivity contribution in [1.29, 1.82) is 0 Å². The van der Waals surface area contributed by atoms with Crippen molar-refractivity contribution in [2.24, 2.45) is 0 Å². The van der Waals surface area contributed by atoms with Crippen LogP contribution in [0.3, 0.4) is 0 Å². The summed E-state index contributed by atoms with van der Waals surface area (Å²) < 4.78 is 13.0. The van der Waals surface area contributed by atoms with Gasteiger partial charge in [-0.25, -0.2) is 9.78 Å². The molecular formula is C20H21N3O4. The average molecular weight is 367 g/mol. The van der Waals surface area contributed by atoms with E-state index >= 15 is 0 Å². The molecule has 1 amide bonds. The molecule has 1 fully saturated rings. The minimum atomic E-state index is -0.625. The first-order valence-electron chi connectivity index (χ1n) is 9.02. The maximum absolute atomic E-state index is 12.9. The number of likely N-dealkylation sites (tertiary alicyclic amines) is 1. The van der Waals surface area contributed by atoms with E-state index in [0.717, 1.165) is 6.42 Å². The highest BCUT2D eigenvalue weighted by atomic mass is 16.5. The molecule has 7 nitrogen and oxygen atoms in total. The van der Waals surface area contributed by atoms with Crippen LogP contribution < -0.4 is 10.4 Å². The monoisotopic (exact) mass is 367 g/mol. The molecule has 1 aliphatic heterocycles. The molecule has 4 rings (SSSR count). The molecule has 3 heterocycles. The van der Waals surface area contributed by atoms with Crippen LogP contribution in [0.1, 0.15) is 36.7 Å². The second kappa shape index (κ2) is 6.90. The summed E-state index contributed by atoms with van der Waals surface area (Å²) in [7, 11) is 0. The second-order valence-electron chi connectivity index (χ2n) is 7.02. The van der Waals surface area contributed by atoms with Crippen LogP contribution in [0.2, 0.25) is 0 Å². The lowest BCUT2D eigenvalue weighted by atomic mass is 10.1. The molecule has 2 aromatic heterocycles. The molecule has 1 unspecified atom stereocenters. The van der Waals surface area contributed by atoms with Crippen molar-refractivity contribution in [3.05, 3.63) is 59.0 Å². The predicted octanol–water partition coefficient (Wildman–Crippen LogP) is 2.86. The number of rotatable bonds is 4. The summed E-state index contributed by atoms with van der Waals surface area (Å²) in [6, 6.07) is 7.06. The Bertz CT molecular complexity index is 1020. The van der Waals surface area contributed by atoms with Crippen LogP contribution in [0.25, 0.3) is 11.0 Å². The van der Waals surface area contributed by atoms with Crippen molar-refractivity contribution in [1.82, 2.24) is 14.5 Å². The quantitative estimate of drug-likeness (QED) is 0.663. The van der Waals surface area contributed by atoms with Crippen molar-refractivity contribution in [2.75, 3.05) is 13.1 Å². The van der Waals surface area contributed by atoms with E-state index in [1.165, 1.54) is 0 Å². The fourth-order valence-electron chi connectivity index (χ4n) is 3.41. The molecule has 140 valence electrons. The fraction of sp³-hybridized carbons (Fsp3) is 0.350. The largest absolute Gasteiger partial charge is 0.491 e. The van der Waals surface area contributed by atoms with E-state index < -0.39 is 5.63 Å². The Hall–Kier alpha value is -3.09. The number of amides is 1. The van der Waals surface area contributed by atoms with Crippen molar-refractivity contribution < 1.29 is 13.9 Å². The Morgan fingerprint density at radius 2 is 2.19 bits per heavy atom. The molecule has 0 aliphatic carbocycles. The first kappa shape index (κ1) is 17.3. The van der Waals surface area contributed by atoms with Crippen molar-refractivity contribution >= 4 is 16.9 Å². The number of imidazole rings is 1. The first-order chi connectivity index (χ1) is 13.0. The van der Waals surface area contributed by atoms with Crippen LogP contribution in [-0.2, 0) is 0 Å². The third kappa shape index (κ3) is 3.45. The molecule has 0 spiro atoms. The maximum Gasteiger partial charge on any atom is 0.349 e. The fourth-order valence-corrected chi connectivity index (χ4v) is 3.41. The minimum absolute atomic E-state index is 0.0219. The number of ether oxygens (including phenoxy) is 1. The zero-order valence-corrected chi connectivity index (χ0v) is 15.3. The highest BCUT2D eigenvalue weighted by molar-refractivity contribution is 5.97. The van der Waals surface area contributed by atoms with Gasteiger partial charge in [0.2, 0.25) is 0 Å². The molecule has 27 heavy (non-hydrogen) atoms. The van der Waals surface area contributed by atoms with Crippen LogP contribution in [0.15, 0.2) is 52.2 Å². The Morgan fingerprint density at radius 3 is 2.93 bits per heavy atom. The van der Waals surface area contributed by atoms with E-state index in [1.807, 2.05) is 30.7 Å². The summed E-state index contributed by atoms with van der Waals surface area (Å²) >= 11 is 0. The van der Waals surface area contributed by atoms with Crippen LogP contribution in [0.5, 0.6) is 5.75 Å². The summed E-state index contributed by atoms with van der Waals surface area (Å²) in [5, 5.41) is 0.694. The standard InChI is InChI=1S/C20H21N3O4/c1-13(2)26-16-4-3-14-9-17(20(25)27-18(14)10-16)19(24)22-7-5-15(11-22)23-8-6-21-12-23/h3-4,6,8-10,12-13,15H,5,7,11H2,1-2H3. The zero-order chi connectivity index (χ0) is 19.0. The van der Waals surface area contributed by atoms with E-state index in [-0.39, 0.29) is 23.6 Å². The number of carbonyl (C=O) groups is 1. The average Bonchev–Trinajstić information content (AvgIpc) is 3.31. The van der Waals surface area contributed by atoms with E-state index in [2.05, 4.69) is 4.98 Å². The van der Waals surface area contributed by atoms with Crippen LogP contribution >= 0.6 is 0 Å². The third-order valence-electron chi connectivity index (χ3n) is 4.71. The lowest BCUT2D eigenvalue weighted by Gasteiger charge is -2.16. The van der Waals surface area contributed by atoms with Gasteiger partial charge in [-0.3, -0.25) is 4.79 Å². The summed E-state index contributed by atoms with van der Waals surface area (Å²) in [5.74, 6) is 0.332. The molecule has 1 aliphatic rings. The van der Waals surface area contributed by atoms with Gasteiger partial charge in [-0.05, 0) is 38.5 Å². The zero-order valence-electron chi connectivity index (χ0n) is 15.3. The molecule has 0 saturated carbocycles. The van der Waals surface area contributed by atoms with E-state index in [0.29, 0.717) is 29.8 Å². The van der Waals surface area contributed by atoms with E-state index in [1.54, 1.807) is 35.6 Å². The number of carbonyl (C=O) groups excluding carboxylic acids is 1. The molecule has 0 bridgehead atoms. The van der Waals surface area contributed by atoms with Crippen LogP contribution in [0, 0.1) is 0 Å². The number of hydrogen-bond acceptors (Lipinski definition) is 5. The molecule has 0 radical (unpaired) electrons. The second-order valence-corrected chi connectivity index (χ2v) is 7.02. The Balaban J connectivity index is 1.59. The SMILES string of the molecule is CC(C)Oc1ccc2cc(C(=O)N3CCC(n4ccnc4)C3)c(=O)oc2c1. The lowest BCUT2D eigenvalue weighted by Crippen LogP contribution is -2.32. The summed E-state index contributed by atoms with van der Waals surface area (Å²) in [4.78, 5) is 31.0. The number of benzene rings is 1. The van der Waals surface area contributed by atoms with Crippen molar-refractivity contribution in [3.8, 4) is 5.75 Å². The van der Waals surface area contributed by atoms with Gasteiger partial charge in [0.15, 0.2) is 0 Å². The Morgan fingerprint density at radius 1 is 1.33 bits per heavy atom. The summed E-state index contributed by atoms with van der Waals surface area (Å²) in [6.07, 6.45) is 6.21. The molecule has 0 N–H and O–H groups in total. The summed E-state index contributed by atoms with van der Waals surface area (Å²) in [6.45, 7) is 5.00. The molecular weight excluding hydrogens is 346 g/mol. The Kier molecular flexibility index (Phi) is 4.43. The molecule has 3 aromatic rings. The molecule has 1 aromatic carbocycles. The van der Waals surface area contributed by atoms with Crippen molar-refractivity contribution in [3.63, 3.8) is 0 Å². The van der Waals surface area contributed by atoms with Crippen molar-refractivity contribution in [2.45, 2.75) is 32.4 Å². The normalized spacial score (nSPS) is 17.0. The van der Waals surface area contributed by atoms with Crippen LogP contribution in [-0.4, -0.2) is 39.6 Å². The van der Waals surface area contributed by atoms with Gasteiger partial charge in [-0.2, -0.15) is 0 Å². The van der Waals surface area contributed by atoms with Gasteiger partial charge in [0.25, 0.3) is 5.91 Å². The Labute approximate surface area is 156 Å². The summed E-state index contributed by atoms with van der Waals surface area (Å²) in [5.41, 5.74) is -0.154. The van der Waals surface area contributed by atoms with E-state index in [4.69, 9.17) is 9.15 Å². The van der Waals surface area contributed by atoms with E-state index in [9.17, 15) is 9.59 Å². The number of fused-ring (bicyclic) bond motifs is 1. The van der Waals surface area contributed by atoms with Crippen LogP contribution in [0.4, 0.5) is 0 Å². The molecule has 7 heteroatoms. The number of hydrogen-bond donors (Lipinski definition) is 0.